The maximum atomic E-state index is 12.9. The highest BCUT2D eigenvalue weighted by atomic mass is 32.2. The van der Waals surface area contributed by atoms with Gasteiger partial charge in [-0.25, -0.2) is 12.7 Å². The zero-order valence-electron chi connectivity index (χ0n) is 20.0. The molecule has 6 heteroatoms. The van der Waals surface area contributed by atoms with E-state index >= 15 is 0 Å². The summed E-state index contributed by atoms with van der Waals surface area (Å²) in [5.41, 5.74) is 4.90. The van der Waals surface area contributed by atoms with Gasteiger partial charge in [0.1, 0.15) is 0 Å². The lowest BCUT2D eigenvalue weighted by molar-refractivity contribution is 0.319. The lowest BCUT2D eigenvalue weighted by atomic mass is 9.89. The normalized spacial score (nSPS) is 19.1. The average molecular weight is 480 g/mol. The number of nitrogens with one attached hydrogen (secondary N) is 2. The van der Waals surface area contributed by atoms with Crippen LogP contribution in [0.2, 0.25) is 0 Å². The van der Waals surface area contributed by atoms with Gasteiger partial charge in [0.05, 0.1) is 5.75 Å². The summed E-state index contributed by atoms with van der Waals surface area (Å²) in [6.07, 6.45) is 10.4. The fourth-order valence-corrected chi connectivity index (χ4v) is 7.19. The third kappa shape index (κ3) is 5.40. The number of piperidine rings is 1. The SMILES string of the molecule is O=S(=O)(CCNCC1CCCCC1)N1CCC(c2c[nH]c3ccc(-c4ccccc4)cc23)CC1. The highest BCUT2D eigenvalue weighted by Crippen LogP contribution is 2.35. The molecule has 5 nitrogen and oxygen atoms in total. The fourth-order valence-electron chi connectivity index (χ4n) is 5.76. The molecule has 2 heterocycles. The van der Waals surface area contributed by atoms with Crippen molar-refractivity contribution in [2.75, 3.05) is 31.9 Å². The predicted octanol–water partition coefficient (Wildman–Crippen LogP) is 5.51. The summed E-state index contributed by atoms with van der Waals surface area (Å²) >= 11 is 0. The van der Waals surface area contributed by atoms with E-state index in [1.807, 2.05) is 6.07 Å². The number of hydrogen-bond donors (Lipinski definition) is 2. The van der Waals surface area contributed by atoms with E-state index < -0.39 is 10.0 Å². The summed E-state index contributed by atoms with van der Waals surface area (Å²) < 4.78 is 27.6. The average Bonchev–Trinajstić information content (AvgIpc) is 3.31. The molecule has 1 saturated carbocycles. The van der Waals surface area contributed by atoms with Gasteiger partial charge in [0.2, 0.25) is 10.0 Å². The van der Waals surface area contributed by atoms with Crippen LogP contribution < -0.4 is 5.32 Å². The minimum Gasteiger partial charge on any atom is -0.361 e. The number of sulfonamides is 1. The van der Waals surface area contributed by atoms with Gasteiger partial charge in [0.25, 0.3) is 0 Å². The van der Waals surface area contributed by atoms with Crippen molar-refractivity contribution in [1.29, 1.82) is 0 Å². The molecule has 1 aliphatic heterocycles. The number of nitrogens with zero attached hydrogens (tertiary/aromatic N) is 1. The summed E-state index contributed by atoms with van der Waals surface area (Å²) in [5, 5.41) is 4.67. The van der Waals surface area contributed by atoms with Crippen LogP contribution in [0.25, 0.3) is 22.0 Å². The van der Waals surface area contributed by atoms with Gasteiger partial charge in [-0.2, -0.15) is 0 Å². The van der Waals surface area contributed by atoms with Gasteiger partial charge in [0, 0.05) is 36.7 Å². The largest absolute Gasteiger partial charge is 0.361 e. The molecule has 5 rings (SSSR count). The molecular formula is C28H37N3O2S. The molecular weight excluding hydrogens is 442 g/mol. The first-order valence-corrected chi connectivity index (χ1v) is 14.6. The highest BCUT2D eigenvalue weighted by Gasteiger charge is 2.29. The molecule has 0 radical (unpaired) electrons. The van der Waals surface area contributed by atoms with Crippen molar-refractivity contribution in [3.63, 3.8) is 0 Å². The second-order valence-electron chi connectivity index (χ2n) is 10.1. The molecule has 1 aromatic heterocycles. The van der Waals surface area contributed by atoms with Crippen molar-refractivity contribution in [3.8, 4) is 11.1 Å². The van der Waals surface area contributed by atoms with E-state index in [4.69, 9.17) is 0 Å². The molecule has 2 N–H and O–H groups in total. The van der Waals surface area contributed by atoms with Crippen molar-refractivity contribution in [2.24, 2.45) is 5.92 Å². The van der Waals surface area contributed by atoms with Crippen LogP contribution in [0.5, 0.6) is 0 Å². The molecule has 3 aromatic rings. The first-order chi connectivity index (χ1) is 16.6. The van der Waals surface area contributed by atoms with Gasteiger partial charge in [-0.05, 0) is 72.9 Å². The van der Waals surface area contributed by atoms with Gasteiger partial charge in [-0.1, -0.05) is 55.7 Å². The molecule has 0 unspecified atom stereocenters. The summed E-state index contributed by atoms with van der Waals surface area (Å²) in [4.78, 5) is 3.43. The monoisotopic (exact) mass is 479 g/mol. The number of hydrogen-bond acceptors (Lipinski definition) is 3. The second-order valence-corrected chi connectivity index (χ2v) is 12.2. The number of benzene rings is 2. The van der Waals surface area contributed by atoms with E-state index in [2.05, 4.69) is 59.0 Å². The second kappa shape index (κ2) is 10.6. The molecule has 182 valence electrons. The molecule has 0 spiro atoms. The van der Waals surface area contributed by atoms with Crippen LogP contribution >= 0.6 is 0 Å². The molecule has 0 atom stereocenters. The Labute approximate surface area is 204 Å². The summed E-state index contributed by atoms with van der Waals surface area (Å²) in [7, 11) is -3.20. The van der Waals surface area contributed by atoms with Crippen LogP contribution in [0.15, 0.2) is 54.7 Å². The Morgan fingerprint density at radius 1 is 0.912 bits per heavy atom. The molecule has 2 fully saturated rings. The molecule has 2 aliphatic rings. The maximum absolute atomic E-state index is 12.9. The van der Waals surface area contributed by atoms with E-state index in [-0.39, 0.29) is 5.75 Å². The number of fused-ring (bicyclic) bond motifs is 1. The van der Waals surface area contributed by atoms with Crippen LogP contribution in [0, 0.1) is 5.92 Å². The van der Waals surface area contributed by atoms with E-state index in [1.165, 1.54) is 54.2 Å². The smallest absolute Gasteiger partial charge is 0.215 e. The zero-order chi connectivity index (χ0) is 23.4. The Morgan fingerprint density at radius 2 is 1.68 bits per heavy atom. The van der Waals surface area contributed by atoms with Crippen molar-refractivity contribution < 1.29 is 8.42 Å². The number of H-pyrrole nitrogens is 1. The van der Waals surface area contributed by atoms with Gasteiger partial charge in [-0.3, -0.25) is 0 Å². The highest BCUT2D eigenvalue weighted by molar-refractivity contribution is 7.89. The standard InChI is InChI=1S/C28H37N3O2S/c32-34(33,18-15-29-20-22-7-3-1-4-8-22)31-16-13-24(14-17-31)27-21-30-28-12-11-25(19-26(27)28)23-9-5-2-6-10-23/h2,5-6,9-12,19,21-22,24,29-30H,1,3-4,7-8,13-18,20H2. The minimum absolute atomic E-state index is 0.206. The van der Waals surface area contributed by atoms with Crippen LogP contribution in [-0.4, -0.2) is 49.6 Å². The Balaban J connectivity index is 1.17. The van der Waals surface area contributed by atoms with Gasteiger partial charge in [0.15, 0.2) is 0 Å². The lowest BCUT2D eigenvalue weighted by Gasteiger charge is -2.31. The molecule has 0 amide bonds. The van der Waals surface area contributed by atoms with Crippen molar-refractivity contribution in [2.45, 2.75) is 50.9 Å². The van der Waals surface area contributed by atoms with Crippen molar-refractivity contribution in [1.82, 2.24) is 14.6 Å². The zero-order valence-corrected chi connectivity index (χ0v) is 20.8. The summed E-state index contributed by atoms with van der Waals surface area (Å²) in [5.74, 6) is 1.32. The first-order valence-electron chi connectivity index (χ1n) is 13.0. The predicted molar refractivity (Wildman–Crippen MR) is 141 cm³/mol. The van der Waals surface area contributed by atoms with E-state index in [0.717, 1.165) is 30.8 Å². The number of rotatable bonds is 8. The van der Waals surface area contributed by atoms with Crippen molar-refractivity contribution in [3.05, 3.63) is 60.3 Å². The Bertz CT molecular complexity index is 1170. The number of aromatic amines is 1. The first kappa shape index (κ1) is 23.6. The van der Waals surface area contributed by atoms with E-state index in [0.29, 0.717) is 25.6 Å². The van der Waals surface area contributed by atoms with Crippen LogP contribution in [0.1, 0.15) is 56.4 Å². The van der Waals surface area contributed by atoms with Crippen LogP contribution in [0.3, 0.4) is 0 Å². The summed E-state index contributed by atoms with van der Waals surface area (Å²) in [6.45, 7) is 2.74. The third-order valence-electron chi connectivity index (χ3n) is 7.80. The molecule has 1 aliphatic carbocycles. The quantitative estimate of drug-likeness (QED) is 0.419. The molecule has 2 aromatic carbocycles. The van der Waals surface area contributed by atoms with E-state index in [1.54, 1.807) is 4.31 Å². The fraction of sp³-hybridized carbons (Fsp3) is 0.500. The van der Waals surface area contributed by atoms with Gasteiger partial charge in [-0.15, -0.1) is 0 Å². The van der Waals surface area contributed by atoms with Gasteiger partial charge < -0.3 is 10.3 Å². The number of aromatic nitrogens is 1. The topological polar surface area (TPSA) is 65.2 Å². The Morgan fingerprint density at radius 3 is 2.44 bits per heavy atom. The van der Waals surface area contributed by atoms with Crippen molar-refractivity contribution >= 4 is 20.9 Å². The Kier molecular flexibility index (Phi) is 7.37. The van der Waals surface area contributed by atoms with E-state index in [9.17, 15) is 8.42 Å². The molecule has 1 saturated heterocycles. The molecule has 0 bridgehead atoms. The Hall–Kier alpha value is -2.15. The lowest BCUT2D eigenvalue weighted by Crippen LogP contribution is -2.41. The maximum Gasteiger partial charge on any atom is 0.215 e. The summed E-state index contributed by atoms with van der Waals surface area (Å²) in [6, 6.07) is 17.0. The van der Waals surface area contributed by atoms with Crippen LogP contribution in [0.4, 0.5) is 0 Å². The van der Waals surface area contributed by atoms with Crippen LogP contribution in [-0.2, 0) is 10.0 Å². The molecule has 34 heavy (non-hydrogen) atoms. The minimum atomic E-state index is -3.20. The van der Waals surface area contributed by atoms with Gasteiger partial charge >= 0.3 is 0 Å². The third-order valence-corrected chi connectivity index (χ3v) is 9.67.